The van der Waals surface area contributed by atoms with Crippen LogP contribution in [0.25, 0.3) is 0 Å². The molecule has 2 N–H and O–H groups in total. The molecule has 1 fully saturated rings. The van der Waals surface area contributed by atoms with Gasteiger partial charge in [0.25, 0.3) is 0 Å². The van der Waals surface area contributed by atoms with Crippen LogP contribution in [-0.4, -0.2) is 44.7 Å². The van der Waals surface area contributed by atoms with Crippen molar-refractivity contribution in [3.8, 4) is 0 Å². The maximum Gasteiger partial charge on any atom is 0.229 e. The second kappa shape index (κ2) is 6.36. The first-order chi connectivity index (χ1) is 8.05. The number of hydrogen-bond donors (Lipinski definition) is 1. The fraction of sp³-hybridized carbons (Fsp3) is 0.923. The SMILES string of the molecule is COCCN(C)C(=O)C1(CN)CCC(C)CC1. The van der Waals surface area contributed by atoms with Crippen molar-refractivity contribution in [2.24, 2.45) is 17.1 Å². The largest absolute Gasteiger partial charge is 0.383 e. The first-order valence-corrected chi connectivity index (χ1v) is 6.50. The summed E-state index contributed by atoms with van der Waals surface area (Å²) in [5, 5.41) is 0. The molecule has 1 aliphatic carbocycles. The van der Waals surface area contributed by atoms with Gasteiger partial charge in [0, 0.05) is 27.2 Å². The quantitative estimate of drug-likeness (QED) is 0.789. The van der Waals surface area contributed by atoms with Gasteiger partial charge >= 0.3 is 0 Å². The lowest BCUT2D eigenvalue weighted by molar-refractivity contribution is -0.143. The van der Waals surface area contributed by atoms with E-state index in [1.165, 1.54) is 0 Å². The Bertz CT molecular complexity index is 248. The molecule has 1 aliphatic rings. The Kier molecular flexibility index (Phi) is 5.40. The highest BCUT2D eigenvalue weighted by Crippen LogP contribution is 2.39. The summed E-state index contributed by atoms with van der Waals surface area (Å²) in [5.41, 5.74) is 5.56. The van der Waals surface area contributed by atoms with Gasteiger partial charge in [0.2, 0.25) is 5.91 Å². The van der Waals surface area contributed by atoms with Crippen molar-refractivity contribution in [3.63, 3.8) is 0 Å². The average Bonchev–Trinajstić information content (AvgIpc) is 2.36. The lowest BCUT2D eigenvalue weighted by Crippen LogP contribution is -2.49. The molecule has 0 radical (unpaired) electrons. The molecule has 0 heterocycles. The first-order valence-electron chi connectivity index (χ1n) is 6.50. The number of carbonyl (C=O) groups is 1. The van der Waals surface area contributed by atoms with E-state index >= 15 is 0 Å². The minimum Gasteiger partial charge on any atom is -0.383 e. The van der Waals surface area contributed by atoms with Gasteiger partial charge in [-0.3, -0.25) is 4.79 Å². The maximum absolute atomic E-state index is 12.5. The molecule has 4 heteroatoms. The normalized spacial score (nSPS) is 29.1. The molecule has 1 saturated carbocycles. The van der Waals surface area contributed by atoms with Crippen molar-refractivity contribution >= 4 is 5.91 Å². The van der Waals surface area contributed by atoms with Crippen LogP contribution in [0.15, 0.2) is 0 Å². The highest BCUT2D eigenvalue weighted by atomic mass is 16.5. The van der Waals surface area contributed by atoms with Gasteiger partial charge in [-0.15, -0.1) is 0 Å². The topological polar surface area (TPSA) is 55.6 Å². The van der Waals surface area contributed by atoms with Gasteiger partial charge in [0.15, 0.2) is 0 Å². The van der Waals surface area contributed by atoms with Crippen LogP contribution in [0.1, 0.15) is 32.6 Å². The lowest BCUT2D eigenvalue weighted by Gasteiger charge is -2.39. The molecule has 0 aromatic heterocycles. The van der Waals surface area contributed by atoms with Crippen LogP contribution >= 0.6 is 0 Å². The lowest BCUT2D eigenvalue weighted by atomic mass is 9.70. The molecule has 0 saturated heterocycles. The van der Waals surface area contributed by atoms with Gasteiger partial charge in [-0.05, 0) is 31.6 Å². The van der Waals surface area contributed by atoms with Crippen LogP contribution in [0.2, 0.25) is 0 Å². The monoisotopic (exact) mass is 242 g/mol. The van der Waals surface area contributed by atoms with Gasteiger partial charge in [-0.25, -0.2) is 0 Å². The summed E-state index contributed by atoms with van der Waals surface area (Å²) < 4.78 is 5.01. The summed E-state index contributed by atoms with van der Waals surface area (Å²) in [6.07, 6.45) is 4.09. The number of amides is 1. The first kappa shape index (κ1) is 14.5. The van der Waals surface area contributed by atoms with Crippen molar-refractivity contribution in [2.75, 3.05) is 33.9 Å². The van der Waals surface area contributed by atoms with Gasteiger partial charge in [0.1, 0.15) is 0 Å². The van der Waals surface area contributed by atoms with Crippen LogP contribution in [0.3, 0.4) is 0 Å². The number of methoxy groups -OCH3 is 1. The highest BCUT2D eigenvalue weighted by Gasteiger charge is 2.41. The molecule has 0 atom stereocenters. The zero-order valence-corrected chi connectivity index (χ0v) is 11.4. The van der Waals surface area contributed by atoms with E-state index in [-0.39, 0.29) is 11.3 Å². The van der Waals surface area contributed by atoms with Gasteiger partial charge < -0.3 is 15.4 Å². The molecular formula is C13H26N2O2. The number of nitrogens with zero attached hydrogens (tertiary/aromatic N) is 1. The number of likely N-dealkylation sites (N-methyl/N-ethyl adjacent to an activating group) is 1. The van der Waals surface area contributed by atoms with Crippen LogP contribution in [0.4, 0.5) is 0 Å². The van der Waals surface area contributed by atoms with Gasteiger partial charge in [-0.2, -0.15) is 0 Å². The van der Waals surface area contributed by atoms with Crippen LogP contribution in [0.5, 0.6) is 0 Å². The smallest absolute Gasteiger partial charge is 0.229 e. The fourth-order valence-corrected chi connectivity index (χ4v) is 2.55. The Balaban J connectivity index is 2.62. The standard InChI is InChI=1S/C13H26N2O2/c1-11-4-6-13(10-14,7-5-11)12(16)15(2)8-9-17-3/h11H,4-10,14H2,1-3H3. The van der Waals surface area contributed by atoms with Crippen molar-refractivity contribution in [1.82, 2.24) is 4.90 Å². The average molecular weight is 242 g/mol. The van der Waals surface area contributed by atoms with Crippen molar-refractivity contribution in [3.05, 3.63) is 0 Å². The summed E-state index contributed by atoms with van der Waals surface area (Å²) in [7, 11) is 3.50. The van der Waals surface area contributed by atoms with Crippen LogP contribution in [0, 0.1) is 11.3 Å². The molecule has 0 aromatic rings. The third-order valence-corrected chi connectivity index (χ3v) is 4.05. The molecule has 0 spiro atoms. The molecule has 0 aromatic carbocycles. The molecule has 4 nitrogen and oxygen atoms in total. The van der Waals surface area contributed by atoms with E-state index < -0.39 is 0 Å². The summed E-state index contributed by atoms with van der Waals surface area (Å²) in [4.78, 5) is 14.2. The van der Waals surface area contributed by atoms with E-state index in [4.69, 9.17) is 10.5 Å². The number of carbonyl (C=O) groups excluding carboxylic acids is 1. The Labute approximate surface area is 104 Å². The Morgan fingerprint density at radius 2 is 2.06 bits per heavy atom. The maximum atomic E-state index is 12.5. The summed E-state index contributed by atoms with van der Waals surface area (Å²) in [6.45, 7) is 3.95. The zero-order chi connectivity index (χ0) is 12.9. The predicted molar refractivity (Wildman–Crippen MR) is 68.6 cm³/mol. The molecular weight excluding hydrogens is 216 g/mol. The van der Waals surface area contributed by atoms with E-state index in [1.807, 2.05) is 7.05 Å². The Morgan fingerprint density at radius 3 is 2.53 bits per heavy atom. The molecule has 100 valence electrons. The van der Waals surface area contributed by atoms with E-state index in [0.717, 1.165) is 31.6 Å². The molecule has 0 aliphatic heterocycles. The van der Waals surface area contributed by atoms with Crippen LogP contribution < -0.4 is 5.73 Å². The van der Waals surface area contributed by atoms with E-state index in [2.05, 4.69) is 6.92 Å². The van der Waals surface area contributed by atoms with Crippen molar-refractivity contribution in [2.45, 2.75) is 32.6 Å². The summed E-state index contributed by atoms with van der Waals surface area (Å²) >= 11 is 0. The third-order valence-electron chi connectivity index (χ3n) is 4.05. The van der Waals surface area contributed by atoms with Crippen molar-refractivity contribution in [1.29, 1.82) is 0 Å². The van der Waals surface area contributed by atoms with Gasteiger partial charge in [0.05, 0.1) is 12.0 Å². The zero-order valence-electron chi connectivity index (χ0n) is 11.4. The summed E-state index contributed by atoms with van der Waals surface area (Å²) in [6, 6.07) is 0. The van der Waals surface area contributed by atoms with Gasteiger partial charge in [-0.1, -0.05) is 6.92 Å². The van der Waals surface area contributed by atoms with Crippen LogP contribution in [-0.2, 0) is 9.53 Å². The fourth-order valence-electron chi connectivity index (χ4n) is 2.55. The number of hydrogen-bond acceptors (Lipinski definition) is 3. The van der Waals surface area contributed by atoms with E-state index in [1.54, 1.807) is 12.0 Å². The minimum absolute atomic E-state index is 0.198. The number of ether oxygens (including phenoxy) is 1. The second-order valence-electron chi connectivity index (χ2n) is 5.39. The summed E-state index contributed by atoms with van der Waals surface area (Å²) in [5.74, 6) is 0.927. The second-order valence-corrected chi connectivity index (χ2v) is 5.39. The Hall–Kier alpha value is -0.610. The molecule has 0 bridgehead atoms. The highest BCUT2D eigenvalue weighted by molar-refractivity contribution is 5.83. The molecule has 0 unspecified atom stereocenters. The van der Waals surface area contributed by atoms with E-state index in [9.17, 15) is 4.79 Å². The Morgan fingerprint density at radius 1 is 1.47 bits per heavy atom. The molecule has 1 rings (SSSR count). The van der Waals surface area contributed by atoms with E-state index in [0.29, 0.717) is 19.7 Å². The molecule has 1 amide bonds. The molecule has 17 heavy (non-hydrogen) atoms. The van der Waals surface area contributed by atoms with Crippen molar-refractivity contribution < 1.29 is 9.53 Å². The third kappa shape index (κ3) is 3.42. The number of rotatable bonds is 5. The number of nitrogens with two attached hydrogens (primary N) is 1. The predicted octanol–water partition coefficient (Wildman–Crippen LogP) is 1.25. The minimum atomic E-state index is -0.311.